The second-order valence-corrected chi connectivity index (χ2v) is 7.27. The minimum Gasteiger partial charge on any atom is -0.481 e. The van der Waals surface area contributed by atoms with Crippen LogP contribution in [0, 0.1) is 22.7 Å². The molecule has 0 aromatic rings. The summed E-state index contributed by atoms with van der Waals surface area (Å²) in [5.74, 6) is -0.861. The fourth-order valence-electron chi connectivity index (χ4n) is 4.28. The molecule has 22 heavy (non-hydrogen) atoms. The molecular weight excluding hydrogens is 284 g/mol. The van der Waals surface area contributed by atoms with Gasteiger partial charge >= 0.3 is 5.97 Å². The summed E-state index contributed by atoms with van der Waals surface area (Å²) >= 11 is 0. The number of amides is 1. The van der Waals surface area contributed by atoms with E-state index < -0.39 is 17.0 Å². The summed E-state index contributed by atoms with van der Waals surface area (Å²) in [6.45, 7) is 0. The maximum atomic E-state index is 12.4. The topological polar surface area (TPSA) is 99.4 Å². The normalized spacial score (nSPS) is 43.0. The van der Waals surface area contributed by atoms with E-state index in [1.54, 1.807) is 0 Å². The summed E-state index contributed by atoms with van der Waals surface area (Å²) in [7, 11) is 1.50. The number of carboxylic acids is 1. The van der Waals surface area contributed by atoms with Gasteiger partial charge in [-0.2, -0.15) is 5.26 Å². The van der Waals surface area contributed by atoms with Crippen molar-refractivity contribution in [1.29, 1.82) is 5.26 Å². The average Bonchev–Trinajstić information content (AvgIpc) is 2.48. The van der Waals surface area contributed by atoms with Crippen LogP contribution < -0.4 is 5.32 Å². The minimum atomic E-state index is -0.794. The predicted molar refractivity (Wildman–Crippen MR) is 76.7 cm³/mol. The Hall–Kier alpha value is -1.61. The second kappa shape index (κ2) is 4.95. The zero-order chi connectivity index (χ0) is 16.0. The lowest BCUT2D eigenvalue weighted by Crippen LogP contribution is -2.61. The van der Waals surface area contributed by atoms with Crippen molar-refractivity contribution in [2.75, 3.05) is 7.11 Å². The molecule has 4 saturated carbocycles. The zero-order valence-electron chi connectivity index (χ0n) is 12.9. The van der Waals surface area contributed by atoms with E-state index in [1.165, 1.54) is 7.11 Å². The van der Waals surface area contributed by atoms with Gasteiger partial charge in [0.05, 0.1) is 11.5 Å². The predicted octanol–water partition coefficient (Wildman–Crippen LogP) is 1.60. The highest BCUT2D eigenvalue weighted by atomic mass is 16.5. The molecule has 1 amide bonds. The Morgan fingerprint density at radius 2 is 1.73 bits per heavy atom. The van der Waals surface area contributed by atoms with Crippen molar-refractivity contribution in [2.45, 2.75) is 62.5 Å². The highest BCUT2D eigenvalue weighted by Crippen LogP contribution is 2.53. The van der Waals surface area contributed by atoms with Gasteiger partial charge in [-0.25, -0.2) is 0 Å². The van der Waals surface area contributed by atoms with Crippen molar-refractivity contribution in [3.8, 4) is 6.07 Å². The van der Waals surface area contributed by atoms with Crippen molar-refractivity contribution in [2.24, 2.45) is 11.3 Å². The molecule has 0 radical (unpaired) electrons. The van der Waals surface area contributed by atoms with Crippen molar-refractivity contribution in [1.82, 2.24) is 5.32 Å². The van der Waals surface area contributed by atoms with Gasteiger partial charge < -0.3 is 15.2 Å². The van der Waals surface area contributed by atoms with E-state index in [9.17, 15) is 14.7 Å². The Morgan fingerprint density at radius 1 is 1.18 bits per heavy atom. The molecule has 2 N–H and O–H groups in total. The molecule has 6 heteroatoms. The van der Waals surface area contributed by atoms with Gasteiger partial charge in [0.2, 0.25) is 5.91 Å². The fraction of sp³-hybridized carbons (Fsp3) is 0.812. The van der Waals surface area contributed by atoms with Gasteiger partial charge in [-0.3, -0.25) is 9.59 Å². The monoisotopic (exact) mass is 306 g/mol. The summed E-state index contributed by atoms with van der Waals surface area (Å²) in [4.78, 5) is 23.8. The highest BCUT2D eigenvalue weighted by Gasteiger charge is 2.55. The summed E-state index contributed by atoms with van der Waals surface area (Å²) in [5, 5.41) is 21.6. The number of carbonyl (C=O) groups is 2. The van der Waals surface area contributed by atoms with Crippen LogP contribution in [-0.2, 0) is 14.3 Å². The number of methoxy groups -OCH3 is 1. The molecular formula is C16H22N2O4. The number of rotatable bonds is 4. The van der Waals surface area contributed by atoms with Crippen LogP contribution in [0.4, 0.5) is 0 Å². The number of nitriles is 1. The van der Waals surface area contributed by atoms with Crippen LogP contribution in [0.15, 0.2) is 0 Å². The fourth-order valence-corrected chi connectivity index (χ4v) is 4.28. The molecule has 0 heterocycles. The molecule has 0 spiro atoms. The lowest BCUT2D eigenvalue weighted by atomic mass is 9.57. The van der Waals surface area contributed by atoms with Crippen molar-refractivity contribution in [3.05, 3.63) is 0 Å². The van der Waals surface area contributed by atoms with Gasteiger partial charge in [-0.05, 0) is 38.5 Å². The molecule has 4 fully saturated rings. The van der Waals surface area contributed by atoms with Gasteiger partial charge in [0, 0.05) is 31.4 Å². The summed E-state index contributed by atoms with van der Waals surface area (Å²) in [6.07, 6.45) is 5.05. The minimum absolute atomic E-state index is 0.00681. The standard InChI is InChI=1S/C16H22N2O4/c1-22-16(10-17)8-11(9-16)12(19)18-15-5-2-14(3-6-15,4-7-15)13(20)21/h11H,2-9H2,1H3,(H,18,19)(H,20,21). The van der Waals surface area contributed by atoms with E-state index in [0.29, 0.717) is 32.1 Å². The van der Waals surface area contributed by atoms with E-state index in [2.05, 4.69) is 11.4 Å². The molecule has 2 bridgehead atoms. The van der Waals surface area contributed by atoms with E-state index >= 15 is 0 Å². The van der Waals surface area contributed by atoms with Crippen LogP contribution in [0.25, 0.3) is 0 Å². The lowest BCUT2D eigenvalue weighted by Gasteiger charge is -2.52. The Kier molecular flexibility index (Phi) is 3.44. The molecule has 6 nitrogen and oxygen atoms in total. The number of hydrogen-bond acceptors (Lipinski definition) is 4. The van der Waals surface area contributed by atoms with Crippen molar-refractivity contribution >= 4 is 11.9 Å². The maximum Gasteiger partial charge on any atom is 0.309 e. The first-order valence-corrected chi connectivity index (χ1v) is 7.90. The number of fused-ring (bicyclic) bond motifs is 3. The van der Waals surface area contributed by atoms with Crippen LogP contribution in [-0.4, -0.2) is 35.2 Å². The third-order valence-electron chi connectivity index (χ3n) is 6.21. The molecule has 0 saturated heterocycles. The van der Waals surface area contributed by atoms with Crippen molar-refractivity contribution < 1.29 is 19.4 Å². The number of hydrogen-bond donors (Lipinski definition) is 2. The summed E-state index contributed by atoms with van der Waals surface area (Å²) < 4.78 is 5.19. The zero-order valence-corrected chi connectivity index (χ0v) is 12.9. The van der Waals surface area contributed by atoms with Gasteiger partial charge in [-0.1, -0.05) is 0 Å². The van der Waals surface area contributed by atoms with Crippen LogP contribution in [0.3, 0.4) is 0 Å². The summed E-state index contributed by atoms with van der Waals surface area (Å²) in [6, 6.07) is 2.13. The number of aliphatic carboxylic acids is 1. The van der Waals surface area contributed by atoms with Gasteiger partial charge in [-0.15, -0.1) is 0 Å². The third kappa shape index (κ3) is 2.19. The van der Waals surface area contributed by atoms with E-state index in [0.717, 1.165) is 19.3 Å². The third-order valence-corrected chi connectivity index (χ3v) is 6.21. The Morgan fingerprint density at radius 3 is 2.14 bits per heavy atom. The van der Waals surface area contributed by atoms with Gasteiger partial charge in [0.15, 0.2) is 5.60 Å². The molecule has 0 aromatic heterocycles. The Labute approximate surface area is 129 Å². The van der Waals surface area contributed by atoms with Gasteiger partial charge in [0.25, 0.3) is 0 Å². The van der Waals surface area contributed by atoms with Crippen LogP contribution in [0.5, 0.6) is 0 Å². The Bertz CT molecular complexity index is 520. The average molecular weight is 306 g/mol. The number of ether oxygens (including phenoxy) is 1. The second-order valence-electron chi connectivity index (χ2n) is 7.27. The number of carbonyl (C=O) groups excluding carboxylic acids is 1. The summed E-state index contributed by atoms with van der Waals surface area (Å²) in [5.41, 5.74) is -1.58. The first kappa shape index (κ1) is 15.3. The van der Waals surface area contributed by atoms with E-state index in [1.807, 2.05) is 0 Å². The van der Waals surface area contributed by atoms with Crippen molar-refractivity contribution in [3.63, 3.8) is 0 Å². The van der Waals surface area contributed by atoms with Gasteiger partial charge in [0.1, 0.15) is 0 Å². The smallest absolute Gasteiger partial charge is 0.309 e. The number of nitrogens with one attached hydrogen (secondary N) is 1. The number of nitrogens with zero attached hydrogens (tertiary/aromatic N) is 1. The van der Waals surface area contributed by atoms with Crippen LogP contribution >= 0.6 is 0 Å². The molecule has 120 valence electrons. The Balaban J connectivity index is 1.58. The maximum absolute atomic E-state index is 12.4. The largest absolute Gasteiger partial charge is 0.481 e. The van der Waals surface area contributed by atoms with E-state index in [-0.39, 0.29) is 17.4 Å². The lowest BCUT2D eigenvalue weighted by molar-refractivity contribution is -0.158. The van der Waals surface area contributed by atoms with Crippen LogP contribution in [0.1, 0.15) is 51.4 Å². The molecule has 4 aliphatic rings. The molecule has 4 rings (SSSR count). The molecule has 0 unspecified atom stereocenters. The molecule has 0 aromatic carbocycles. The first-order valence-electron chi connectivity index (χ1n) is 7.90. The first-order chi connectivity index (χ1) is 10.4. The molecule has 0 atom stereocenters. The SMILES string of the molecule is COC1(C#N)CC(C(=O)NC23CCC(C(=O)O)(CC2)CC3)C1. The highest BCUT2D eigenvalue weighted by molar-refractivity contribution is 5.81. The molecule has 0 aliphatic heterocycles. The van der Waals surface area contributed by atoms with Crippen LogP contribution in [0.2, 0.25) is 0 Å². The van der Waals surface area contributed by atoms with E-state index in [4.69, 9.17) is 10.00 Å². The number of carboxylic acid groups (broad SMARTS) is 1. The quantitative estimate of drug-likeness (QED) is 0.822. The molecule has 4 aliphatic carbocycles.